The summed E-state index contributed by atoms with van der Waals surface area (Å²) in [4.78, 5) is 2.05. The highest BCUT2D eigenvalue weighted by Crippen LogP contribution is 2.35. The molecular weight excluding hydrogens is 372 g/mol. The van der Waals surface area contributed by atoms with Gasteiger partial charge in [0, 0.05) is 13.1 Å². The number of hydrogen-bond acceptors (Lipinski definition) is 7. The summed E-state index contributed by atoms with van der Waals surface area (Å²) in [5, 5.41) is 14.8. The van der Waals surface area contributed by atoms with Gasteiger partial charge >= 0.3 is 0 Å². The summed E-state index contributed by atoms with van der Waals surface area (Å²) >= 11 is 1.47. The second-order valence-electron chi connectivity index (χ2n) is 5.37. The average molecular weight is 391 g/mol. The predicted molar refractivity (Wildman–Crippen MR) is 97.5 cm³/mol. The molecule has 2 N–H and O–H groups in total. The van der Waals surface area contributed by atoms with Crippen LogP contribution in [0.2, 0.25) is 0 Å². The maximum absolute atomic E-state index is 11.4. The van der Waals surface area contributed by atoms with Gasteiger partial charge in [0.25, 0.3) is 0 Å². The molecular formula is C14H19ClN4O3S2. The first-order valence-electron chi connectivity index (χ1n) is 7.22. The van der Waals surface area contributed by atoms with Crippen LogP contribution in [0.1, 0.15) is 12.8 Å². The first kappa shape index (κ1) is 18.9. The molecule has 1 aliphatic rings. The summed E-state index contributed by atoms with van der Waals surface area (Å²) in [6.07, 6.45) is 1.03. The Morgan fingerprint density at radius 1 is 1.25 bits per heavy atom. The summed E-state index contributed by atoms with van der Waals surface area (Å²) in [6.45, 7) is 1.23. The van der Waals surface area contributed by atoms with Crippen molar-refractivity contribution >= 4 is 38.9 Å². The van der Waals surface area contributed by atoms with Crippen LogP contribution in [0.4, 0.5) is 5.13 Å². The lowest BCUT2D eigenvalue weighted by atomic mass is 10.1. The van der Waals surface area contributed by atoms with Crippen LogP contribution in [0.5, 0.6) is 5.75 Å². The normalized spacial score (nSPS) is 15.8. The average Bonchev–Trinajstić information content (AvgIpc) is 3.04. The zero-order chi connectivity index (χ0) is 16.4. The molecule has 0 unspecified atom stereocenters. The van der Waals surface area contributed by atoms with Gasteiger partial charge in [0.15, 0.2) is 5.01 Å². The number of piperidine rings is 1. The van der Waals surface area contributed by atoms with E-state index in [1.54, 1.807) is 7.11 Å². The number of ether oxygens (including phenoxy) is 1. The lowest BCUT2D eigenvalue weighted by Gasteiger charge is -2.30. The Bertz CT molecular complexity index is 789. The highest BCUT2D eigenvalue weighted by molar-refractivity contribution is 7.89. The standard InChI is InChI=1S/C14H18N4O3S2.ClH/c1-21-12-5-3-2-4-11(12)13-16-17-14(22-13)18-8-6-10(7-9-18)23(15,19)20;/h2-5,10H,6-9H2,1H3,(H2,15,19,20);1H. The number of nitrogens with two attached hydrogens (primary N) is 1. The highest BCUT2D eigenvalue weighted by atomic mass is 35.5. The number of methoxy groups -OCH3 is 1. The molecule has 0 atom stereocenters. The van der Waals surface area contributed by atoms with Gasteiger partial charge in [0.05, 0.1) is 17.9 Å². The van der Waals surface area contributed by atoms with Crippen LogP contribution in [-0.2, 0) is 10.0 Å². The fraction of sp³-hybridized carbons (Fsp3) is 0.429. The molecule has 0 saturated carbocycles. The molecule has 0 amide bonds. The fourth-order valence-corrected chi connectivity index (χ4v) is 4.44. The number of aromatic nitrogens is 2. The van der Waals surface area contributed by atoms with Crippen LogP contribution in [-0.4, -0.2) is 44.1 Å². The van der Waals surface area contributed by atoms with E-state index in [-0.39, 0.29) is 12.4 Å². The molecule has 0 bridgehead atoms. The molecule has 2 heterocycles. The van der Waals surface area contributed by atoms with E-state index in [1.165, 1.54) is 11.3 Å². The molecule has 132 valence electrons. The van der Waals surface area contributed by atoms with Crippen molar-refractivity contribution in [3.05, 3.63) is 24.3 Å². The summed E-state index contributed by atoms with van der Waals surface area (Å²) in [5.41, 5.74) is 0.901. The molecule has 1 aromatic carbocycles. The minimum Gasteiger partial charge on any atom is -0.496 e. The largest absolute Gasteiger partial charge is 0.496 e. The van der Waals surface area contributed by atoms with Crippen molar-refractivity contribution in [1.82, 2.24) is 10.2 Å². The Morgan fingerprint density at radius 3 is 2.54 bits per heavy atom. The number of rotatable bonds is 4. The smallest absolute Gasteiger partial charge is 0.212 e. The van der Waals surface area contributed by atoms with Crippen LogP contribution >= 0.6 is 23.7 Å². The van der Waals surface area contributed by atoms with Gasteiger partial charge in [-0.2, -0.15) is 0 Å². The van der Waals surface area contributed by atoms with Gasteiger partial charge in [-0.3, -0.25) is 0 Å². The summed E-state index contributed by atoms with van der Waals surface area (Å²) in [5.74, 6) is 0.753. The number of anilines is 1. The zero-order valence-corrected chi connectivity index (χ0v) is 15.5. The number of para-hydroxylation sites is 1. The molecule has 1 aromatic heterocycles. The van der Waals surface area contributed by atoms with Crippen molar-refractivity contribution in [3.63, 3.8) is 0 Å². The van der Waals surface area contributed by atoms with Crippen molar-refractivity contribution in [3.8, 4) is 16.3 Å². The van der Waals surface area contributed by atoms with Crippen LogP contribution in [0.3, 0.4) is 0 Å². The molecule has 1 saturated heterocycles. The summed E-state index contributed by atoms with van der Waals surface area (Å²) in [7, 11) is -1.83. The molecule has 7 nitrogen and oxygen atoms in total. The van der Waals surface area contributed by atoms with E-state index in [0.29, 0.717) is 25.9 Å². The van der Waals surface area contributed by atoms with Gasteiger partial charge < -0.3 is 9.64 Å². The zero-order valence-electron chi connectivity index (χ0n) is 13.1. The Balaban J connectivity index is 0.00000208. The summed E-state index contributed by atoms with van der Waals surface area (Å²) < 4.78 is 28.2. The number of nitrogens with zero attached hydrogens (tertiary/aromatic N) is 3. The Morgan fingerprint density at radius 2 is 1.92 bits per heavy atom. The lowest BCUT2D eigenvalue weighted by molar-refractivity contribution is 0.416. The van der Waals surface area contributed by atoms with E-state index >= 15 is 0 Å². The highest BCUT2D eigenvalue weighted by Gasteiger charge is 2.28. The molecule has 1 fully saturated rings. The van der Waals surface area contributed by atoms with E-state index in [4.69, 9.17) is 9.88 Å². The van der Waals surface area contributed by atoms with E-state index in [9.17, 15) is 8.42 Å². The molecule has 10 heteroatoms. The summed E-state index contributed by atoms with van der Waals surface area (Å²) in [6, 6.07) is 7.66. The number of hydrogen-bond donors (Lipinski definition) is 1. The van der Waals surface area contributed by atoms with E-state index < -0.39 is 15.3 Å². The number of benzene rings is 1. The lowest BCUT2D eigenvalue weighted by Crippen LogP contribution is -2.41. The van der Waals surface area contributed by atoms with Gasteiger partial charge in [0.2, 0.25) is 15.2 Å². The second kappa shape index (κ2) is 7.64. The molecule has 0 radical (unpaired) electrons. The maximum Gasteiger partial charge on any atom is 0.212 e. The molecule has 1 aliphatic heterocycles. The molecule has 24 heavy (non-hydrogen) atoms. The monoisotopic (exact) mass is 390 g/mol. The first-order chi connectivity index (χ1) is 11.0. The van der Waals surface area contributed by atoms with Gasteiger partial charge in [-0.25, -0.2) is 13.6 Å². The molecule has 0 aliphatic carbocycles. The minimum atomic E-state index is -3.45. The topological polar surface area (TPSA) is 98.4 Å². The van der Waals surface area contributed by atoms with Crippen molar-refractivity contribution in [1.29, 1.82) is 0 Å². The Labute approximate surface area is 151 Å². The van der Waals surface area contributed by atoms with Gasteiger partial charge in [-0.05, 0) is 25.0 Å². The van der Waals surface area contributed by atoms with Crippen LogP contribution in [0.15, 0.2) is 24.3 Å². The second-order valence-corrected chi connectivity index (χ2v) is 8.17. The Kier molecular flexibility index (Phi) is 6.02. The van der Waals surface area contributed by atoms with Crippen molar-refractivity contribution in [2.45, 2.75) is 18.1 Å². The van der Waals surface area contributed by atoms with Gasteiger partial charge in [-0.1, -0.05) is 23.5 Å². The van der Waals surface area contributed by atoms with E-state index in [1.807, 2.05) is 24.3 Å². The Hall–Kier alpha value is -1.42. The van der Waals surface area contributed by atoms with Gasteiger partial charge in [0.1, 0.15) is 5.75 Å². The predicted octanol–water partition coefficient (Wildman–Crippen LogP) is 1.89. The van der Waals surface area contributed by atoms with Crippen LogP contribution in [0.25, 0.3) is 10.6 Å². The molecule has 3 rings (SSSR count). The van der Waals surface area contributed by atoms with Crippen LogP contribution in [0, 0.1) is 0 Å². The van der Waals surface area contributed by atoms with E-state index in [2.05, 4.69) is 15.1 Å². The van der Waals surface area contributed by atoms with Gasteiger partial charge in [-0.15, -0.1) is 22.6 Å². The van der Waals surface area contributed by atoms with Crippen LogP contribution < -0.4 is 14.8 Å². The number of sulfonamides is 1. The number of halogens is 1. The quantitative estimate of drug-likeness (QED) is 0.855. The minimum absolute atomic E-state index is 0. The van der Waals surface area contributed by atoms with Crippen molar-refractivity contribution < 1.29 is 13.2 Å². The molecule has 0 spiro atoms. The fourth-order valence-electron chi connectivity index (χ4n) is 2.65. The van der Waals surface area contributed by atoms with Crippen molar-refractivity contribution in [2.75, 3.05) is 25.1 Å². The maximum atomic E-state index is 11.4. The SMILES string of the molecule is COc1ccccc1-c1nnc(N2CCC(S(N)(=O)=O)CC2)s1.Cl. The third-order valence-electron chi connectivity index (χ3n) is 3.93. The third kappa shape index (κ3) is 3.97. The molecule has 2 aromatic rings. The van der Waals surface area contributed by atoms with E-state index in [0.717, 1.165) is 21.5 Å². The first-order valence-corrected chi connectivity index (χ1v) is 9.65. The van der Waals surface area contributed by atoms with Crippen molar-refractivity contribution in [2.24, 2.45) is 5.14 Å². The number of primary sulfonamides is 1. The third-order valence-corrected chi connectivity index (χ3v) is 6.35.